The van der Waals surface area contributed by atoms with Gasteiger partial charge in [0.1, 0.15) is 0 Å². The Morgan fingerprint density at radius 2 is 1.61 bits per heavy atom. The molecule has 0 aliphatic carbocycles. The summed E-state index contributed by atoms with van der Waals surface area (Å²) in [5, 5.41) is 11.0. The van der Waals surface area contributed by atoms with Gasteiger partial charge in [-0.05, 0) is 0 Å². The van der Waals surface area contributed by atoms with Crippen LogP contribution < -0.4 is 9.26 Å². The van der Waals surface area contributed by atoms with Crippen LogP contribution in [0, 0.1) is 0 Å². The van der Waals surface area contributed by atoms with Crippen LogP contribution >= 0.6 is 8.17 Å². The molecule has 0 bridgehead atoms. The number of phenolic OH excluding ortho intramolecular Hbond substituents is 1. The van der Waals surface area contributed by atoms with Gasteiger partial charge >= 0.3 is 103 Å². The predicted molar refractivity (Wildman–Crippen MR) is 67.8 cm³/mol. The van der Waals surface area contributed by atoms with Crippen LogP contribution in [0.4, 0.5) is 0 Å². The van der Waals surface area contributed by atoms with Gasteiger partial charge in [0, 0.05) is 0 Å². The molecule has 6 nitrogen and oxygen atoms in total. The minimum absolute atomic E-state index is 0.246. The van der Waals surface area contributed by atoms with Gasteiger partial charge in [-0.15, -0.1) is 0 Å². The molecule has 0 saturated carbocycles. The van der Waals surface area contributed by atoms with Gasteiger partial charge in [-0.2, -0.15) is 0 Å². The summed E-state index contributed by atoms with van der Waals surface area (Å²) in [5.41, 5.74) is 0. The van der Waals surface area contributed by atoms with Crippen molar-refractivity contribution in [1.82, 2.24) is 0 Å². The van der Waals surface area contributed by atoms with E-state index in [1.54, 1.807) is 24.3 Å². The van der Waals surface area contributed by atoms with Crippen molar-refractivity contribution in [2.24, 2.45) is 0 Å². The molecule has 0 aromatic heterocycles. The summed E-state index contributed by atoms with van der Waals surface area (Å²) in [6, 6.07) is 8.11. The first kappa shape index (κ1) is 12.9. The Labute approximate surface area is 103 Å². The summed E-state index contributed by atoms with van der Waals surface area (Å²) in [5.74, 6) is -0.151. The van der Waals surface area contributed by atoms with Crippen LogP contribution in [0.5, 0.6) is 17.2 Å². The van der Waals surface area contributed by atoms with Gasteiger partial charge in [0.05, 0.1) is 0 Å². The fraction of sp³-hybridized carbons (Fsp3) is 0.0909. The second-order valence-electron chi connectivity index (χ2n) is 3.65. The molecule has 98 valence electrons. The Morgan fingerprint density at radius 3 is 2.17 bits per heavy atom. The molecule has 4 N–H and O–H groups in total. The third kappa shape index (κ3) is 2.47. The number of hydrogen-bond acceptors (Lipinski definition) is 6. The third-order valence-corrected chi connectivity index (χ3v) is 2.90. The van der Waals surface area contributed by atoms with Gasteiger partial charge in [-0.1, -0.05) is 0 Å². The van der Waals surface area contributed by atoms with Crippen molar-refractivity contribution in [3.05, 3.63) is 30.3 Å². The summed E-state index contributed by atoms with van der Waals surface area (Å²) in [4.78, 5) is 26.7. The number of benzene rings is 2. The van der Waals surface area contributed by atoms with Crippen molar-refractivity contribution in [3.63, 3.8) is 0 Å². The quantitative estimate of drug-likeness (QED) is 0.629. The second-order valence-corrected chi connectivity index (χ2v) is 5.00. The van der Waals surface area contributed by atoms with Crippen molar-refractivity contribution in [1.29, 1.82) is 0 Å². The summed E-state index contributed by atoms with van der Waals surface area (Å²) < 4.78 is 9.68. The van der Waals surface area contributed by atoms with E-state index in [2.05, 4.69) is 4.52 Å². The molecule has 0 atom stereocenters. The molecule has 0 spiro atoms. The maximum atomic E-state index is 9.94. The van der Waals surface area contributed by atoms with Crippen LogP contribution in [-0.4, -0.2) is 26.9 Å². The van der Waals surface area contributed by atoms with Gasteiger partial charge < -0.3 is 0 Å². The molecule has 0 saturated heterocycles. The van der Waals surface area contributed by atoms with Crippen molar-refractivity contribution in [2.45, 2.75) is 0 Å². The van der Waals surface area contributed by atoms with Gasteiger partial charge in [0.25, 0.3) is 0 Å². The van der Waals surface area contributed by atoms with Gasteiger partial charge in [0.2, 0.25) is 0 Å². The zero-order valence-corrected chi connectivity index (χ0v) is 10.5. The molecular formula is C11H13O6P. The van der Waals surface area contributed by atoms with Gasteiger partial charge in [0.15, 0.2) is 0 Å². The van der Waals surface area contributed by atoms with Crippen LogP contribution in [0.1, 0.15) is 0 Å². The minimum atomic E-state index is -4.77. The van der Waals surface area contributed by atoms with E-state index in [1.807, 2.05) is 0 Å². The fourth-order valence-electron chi connectivity index (χ4n) is 1.70. The Kier molecular flexibility index (Phi) is 3.28. The molecule has 2 rings (SSSR count). The molecule has 7 heteroatoms. The molecule has 0 aliphatic heterocycles. The summed E-state index contributed by atoms with van der Waals surface area (Å²) >= 11 is 0. The standard InChI is InChI=1S/C11H13O6P/c1-16-9-6-10(17-18(13,14)15)11(12)8-5-3-2-4-7(8)9/h2-6,12-15,18H,1H3. The van der Waals surface area contributed by atoms with E-state index in [0.29, 0.717) is 16.5 Å². The molecule has 2 aromatic rings. The Hall–Kier alpha value is -1.59. The summed E-state index contributed by atoms with van der Waals surface area (Å²) in [7, 11) is -3.33. The predicted octanol–water partition coefficient (Wildman–Crippen LogP) is 1.32. The number of hydrogen-bond donors (Lipinski definition) is 4. The van der Waals surface area contributed by atoms with Crippen LogP contribution in [-0.2, 0) is 0 Å². The molecule has 0 heterocycles. The summed E-state index contributed by atoms with van der Waals surface area (Å²) in [6.45, 7) is 0. The molecule has 0 aliphatic rings. The first-order valence-corrected chi connectivity index (χ1v) is 6.82. The van der Waals surface area contributed by atoms with Crippen LogP contribution in [0.2, 0.25) is 0 Å². The fourth-order valence-corrected chi connectivity index (χ4v) is 2.15. The van der Waals surface area contributed by atoms with Crippen molar-refractivity contribution >= 4 is 18.9 Å². The van der Waals surface area contributed by atoms with Gasteiger partial charge in [-0.3, -0.25) is 0 Å². The second kappa shape index (κ2) is 4.59. The summed E-state index contributed by atoms with van der Waals surface area (Å²) in [6.07, 6.45) is 0. The topological polar surface area (TPSA) is 99.4 Å². The number of methoxy groups -OCH3 is 1. The SMILES string of the molecule is COc1cc(O[PH](O)(O)O)c(O)c2ccccc12. The van der Waals surface area contributed by atoms with E-state index in [4.69, 9.17) is 19.4 Å². The number of ether oxygens (including phenoxy) is 1. The normalized spacial score (nSPS) is 12.4. The first-order chi connectivity index (χ1) is 8.42. The molecular weight excluding hydrogens is 259 g/mol. The Morgan fingerprint density at radius 1 is 1.00 bits per heavy atom. The van der Waals surface area contributed by atoms with E-state index in [-0.39, 0.29) is 11.5 Å². The molecule has 0 unspecified atom stereocenters. The first-order valence-electron chi connectivity index (χ1n) is 5.07. The van der Waals surface area contributed by atoms with Crippen molar-refractivity contribution < 1.29 is 29.0 Å². The van der Waals surface area contributed by atoms with Crippen LogP contribution in [0.3, 0.4) is 0 Å². The van der Waals surface area contributed by atoms with E-state index in [9.17, 15) is 5.11 Å². The molecule has 0 fully saturated rings. The molecule has 0 radical (unpaired) electrons. The molecule has 2 aromatic carbocycles. The maximum absolute atomic E-state index is 9.94. The van der Waals surface area contributed by atoms with Crippen molar-refractivity contribution in [3.8, 4) is 17.2 Å². The van der Waals surface area contributed by atoms with E-state index < -0.39 is 8.17 Å². The number of fused-ring (bicyclic) bond motifs is 1. The third-order valence-electron chi connectivity index (χ3n) is 2.41. The number of aromatic hydroxyl groups is 1. The molecule has 18 heavy (non-hydrogen) atoms. The average Bonchev–Trinajstić information content (AvgIpc) is 2.31. The zero-order chi connectivity index (χ0) is 13.3. The van der Waals surface area contributed by atoms with E-state index >= 15 is 0 Å². The van der Waals surface area contributed by atoms with Crippen LogP contribution in [0.15, 0.2) is 30.3 Å². The van der Waals surface area contributed by atoms with Crippen LogP contribution in [0.25, 0.3) is 10.8 Å². The zero-order valence-electron chi connectivity index (χ0n) is 9.49. The Balaban J connectivity index is 2.65. The monoisotopic (exact) mass is 272 g/mol. The van der Waals surface area contributed by atoms with Gasteiger partial charge in [-0.25, -0.2) is 0 Å². The average molecular weight is 272 g/mol. The van der Waals surface area contributed by atoms with E-state index in [1.165, 1.54) is 13.2 Å². The number of phenols is 1. The Bertz CT molecular complexity index is 577. The van der Waals surface area contributed by atoms with E-state index in [0.717, 1.165) is 0 Å². The number of rotatable bonds is 3. The van der Waals surface area contributed by atoms with Crippen molar-refractivity contribution in [2.75, 3.05) is 7.11 Å². The molecule has 0 amide bonds.